The van der Waals surface area contributed by atoms with Crippen LogP contribution in [0.15, 0.2) is 67.0 Å². The molecule has 4 aromatic rings. The molecule has 1 fully saturated rings. The first kappa shape index (κ1) is 22.6. The van der Waals surface area contributed by atoms with Crippen molar-refractivity contribution in [2.24, 2.45) is 0 Å². The first-order valence-corrected chi connectivity index (χ1v) is 11.7. The van der Waals surface area contributed by atoms with Crippen LogP contribution < -0.4 is 5.32 Å². The van der Waals surface area contributed by atoms with E-state index in [2.05, 4.69) is 28.5 Å². The van der Waals surface area contributed by atoms with Crippen molar-refractivity contribution < 1.29 is 9.53 Å². The molecule has 7 nitrogen and oxygen atoms in total. The highest BCUT2D eigenvalue weighted by molar-refractivity contribution is 5.81. The number of alkyl carbamates (subject to hydrolysis) is 1. The third kappa shape index (κ3) is 4.35. The summed E-state index contributed by atoms with van der Waals surface area (Å²) in [6, 6.07) is 20.3. The lowest BCUT2D eigenvalue weighted by molar-refractivity contribution is 0.0377. The first-order valence-electron chi connectivity index (χ1n) is 11.7. The van der Waals surface area contributed by atoms with Gasteiger partial charge >= 0.3 is 6.09 Å². The summed E-state index contributed by atoms with van der Waals surface area (Å²) in [5, 5.41) is 12.5. The third-order valence-electron chi connectivity index (χ3n) is 6.31. The smallest absolute Gasteiger partial charge is 0.408 e. The van der Waals surface area contributed by atoms with Crippen LogP contribution in [-0.2, 0) is 10.3 Å². The van der Waals surface area contributed by atoms with Gasteiger partial charge in [-0.15, -0.1) is 0 Å². The molecule has 35 heavy (non-hydrogen) atoms. The maximum Gasteiger partial charge on any atom is 0.408 e. The van der Waals surface area contributed by atoms with Crippen LogP contribution in [-0.4, -0.2) is 26.1 Å². The van der Waals surface area contributed by atoms with Gasteiger partial charge in [0.15, 0.2) is 0 Å². The second kappa shape index (κ2) is 8.55. The van der Waals surface area contributed by atoms with E-state index in [1.807, 2.05) is 67.6 Å². The van der Waals surface area contributed by atoms with Crippen LogP contribution in [0, 0.1) is 11.3 Å². The number of benzene rings is 2. The summed E-state index contributed by atoms with van der Waals surface area (Å²) in [5.74, 6) is 0.531. The van der Waals surface area contributed by atoms with Gasteiger partial charge in [-0.1, -0.05) is 54.6 Å². The number of rotatable bonds is 4. The zero-order chi connectivity index (χ0) is 24.6. The Morgan fingerprint density at radius 2 is 1.80 bits per heavy atom. The Balaban J connectivity index is 1.53. The number of aromatic nitrogens is 3. The Hall–Kier alpha value is -4.18. The topological polar surface area (TPSA) is 92.3 Å². The number of imidazole rings is 1. The van der Waals surface area contributed by atoms with Crippen LogP contribution in [0.25, 0.3) is 28.3 Å². The van der Waals surface area contributed by atoms with E-state index < -0.39 is 17.2 Å². The number of nitrogens with one attached hydrogen (secondary N) is 1. The van der Waals surface area contributed by atoms with Crippen molar-refractivity contribution in [3.05, 3.63) is 78.1 Å². The lowest BCUT2D eigenvalue weighted by Gasteiger charge is -2.43. The van der Waals surface area contributed by atoms with Gasteiger partial charge in [-0.25, -0.2) is 14.8 Å². The fourth-order valence-corrected chi connectivity index (χ4v) is 4.53. The van der Waals surface area contributed by atoms with Gasteiger partial charge in [-0.3, -0.25) is 4.40 Å². The minimum Gasteiger partial charge on any atom is -0.444 e. The maximum atomic E-state index is 12.5. The van der Waals surface area contributed by atoms with Gasteiger partial charge in [-0.05, 0) is 45.6 Å². The van der Waals surface area contributed by atoms with E-state index in [-0.39, 0.29) is 0 Å². The molecule has 2 aromatic heterocycles. The number of carbonyl (C=O) groups excluding carboxylic acids is 1. The van der Waals surface area contributed by atoms with E-state index in [9.17, 15) is 10.1 Å². The Morgan fingerprint density at radius 1 is 1.09 bits per heavy atom. The van der Waals surface area contributed by atoms with Gasteiger partial charge in [-0.2, -0.15) is 5.26 Å². The molecule has 0 bridgehead atoms. The number of fused-ring (bicyclic) bond motifs is 1. The van der Waals surface area contributed by atoms with Crippen LogP contribution in [0.2, 0.25) is 0 Å². The molecule has 1 aliphatic rings. The normalized spacial score (nSPS) is 14.7. The summed E-state index contributed by atoms with van der Waals surface area (Å²) in [4.78, 5) is 21.7. The largest absolute Gasteiger partial charge is 0.444 e. The van der Waals surface area contributed by atoms with Crippen molar-refractivity contribution in [3.63, 3.8) is 0 Å². The van der Waals surface area contributed by atoms with Gasteiger partial charge in [0.2, 0.25) is 5.78 Å². The first-order chi connectivity index (χ1) is 16.8. The zero-order valence-corrected chi connectivity index (χ0v) is 20.1. The highest BCUT2D eigenvalue weighted by Crippen LogP contribution is 2.42. The van der Waals surface area contributed by atoms with E-state index in [0.29, 0.717) is 11.3 Å². The van der Waals surface area contributed by atoms with Gasteiger partial charge in [0, 0.05) is 17.3 Å². The minimum absolute atomic E-state index is 0.396. The van der Waals surface area contributed by atoms with Gasteiger partial charge in [0.25, 0.3) is 0 Å². The van der Waals surface area contributed by atoms with Gasteiger partial charge < -0.3 is 10.1 Å². The van der Waals surface area contributed by atoms with Crippen molar-refractivity contribution in [2.75, 3.05) is 0 Å². The standard InChI is InChI=1S/C28H27N5O2/c1-27(2,3)35-26(34)32-28(14-7-15-28)22-12-10-20(11-13-22)23-24(21-8-5-4-6-9-21)33-18-19(16-29)17-30-25(33)31-23/h4-6,8-13,17-18H,7,14-15H2,1-3H3,(H,32,34). The van der Waals surface area contributed by atoms with Crippen LogP contribution in [0.1, 0.15) is 51.2 Å². The second-order valence-corrected chi connectivity index (χ2v) is 9.94. The van der Waals surface area contributed by atoms with Crippen LogP contribution in [0.4, 0.5) is 4.79 Å². The van der Waals surface area contributed by atoms with Crippen molar-refractivity contribution in [1.82, 2.24) is 19.7 Å². The molecule has 2 aromatic carbocycles. The number of hydrogen-bond acceptors (Lipinski definition) is 5. The number of amides is 1. The molecule has 1 aliphatic carbocycles. The Bertz CT molecular complexity index is 1420. The van der Waals surface area contributed by atoms with E-state index >= 15 is 0 Å². The number of ether oxygens (including phenoxy) is 1. The van der Waals surface area contributed by atoms with E-state index in [1.54, 1.807) is 6.20 Å². The molecule has 176 valence electrons. The molecule has 1 N–H and O–H groups in total. The second-order valence-electron chi connectivity index (χ2n) is 9.94. The Morgan fingerprint density at radius 3 is 2.40 bits per heavy atom. The zero-order valence-electron chi connectivity index (χ0n) is 20.1. The lowest BCUT2D eigenvalue weighted by Crippen LogP contribution is -2.52. The molecule has 0 radical (unpaired) electrons. The van der Waals surface area contributed by atoms with Crippen LogP contribution in [0.3, 0.4) is 0 Å². The number of nitriles is 1. The highest BCUT2D eigenvalue weighted by Gasteiger charge is 2.41. The molecular weight excluding hydrogens is 438 g/mol. The molecule has 0 saturated heterocycles. The van der Waals surface area contributed by atoms with Crippen molar-refractivity contribution in [2.45, 2.75) is 51.2 Å². The van der Waals surface area contributed by atoms with E-state index in [0.717, 1.165) is 47.3 Å². The number of hydrogen-bond donors (Lipinski definition) is 1. The fraction of sp³-hybridized carbons (Fsp3) is 0.286. The minimum atomic E-state index is -0.546. The summed E-state index contributed by atoms with van der Waals surface area (Å²) in [6.45, 7) is 5.59. The number of nitrogens with zero attached hydrogens (tertiary/aromatic N) is 4. The SMILES string of the molecule is CC(C)(C)OC(=O)NC1(c2ccc(-c3nc4ncc(C#N)cn4c3-c3ccccc3)cc2)CCC1. The van der Waals surface area contributed by atoms with Gasteiger partial charge in [0.05, 0.1) is 28.7 Å². The predicted octanol–water partition coefficient (Wildman–Crippen LogP) is 5.84. The van der Waals surface area contributed by atoms with Crippen molar-refractivity contribution in [1.29, 1.82) is 5.26 Å². The highest BCUT2D eigenvalue weighted by atomic mass is 16.6. The van der Waals surface area contributed by atoms with E-state index in [1.165, 1.54) is 6.20 Å². The fourth-order valence-electron chi connectivity index (χ4n) is 4.53. The van der Waals surface area contributed by atoms with Crippen molar-refractivity contribution in [3.8, 4) is 28.6 Å². The third-order valence-corrected chi connectivity index (χ3v) is 6.31. The van der Waals surface area contributed by atoms with Crippen LogP contribution in [0.5, 0.6) is 0 Å². The molecule has 2 heterocycles. The average Bonchev–Trinajstić information content (AvgIpc) is 3.19. The lowest BCUT2D eigenvalue weighted by atomic mass is 9.71. The summed E-state index contributed by atoms with van der Waals surface area (Å²) in [6.07, 6.45) is 5.70. The molecule has 7 heteroatoms. The molecule has 0 unspecified atom stereocenters. The molecule has 0 spiro atoms. The molecule has 1 saturated carbocycles. The molecule has 5 rings (SSSR count). The van der Waals surface area contributed by atoms with Crippen LogP contribution >= 0.6 is 0 Å². The molecule has 0 atom stereocenters. The quantitative estimate of drug-likeness (QED) is 0.409. The number of carbonyl (C=O) groups is 1. The van der Waals surface area contributed by atoms with Crippen molar-refractivity contribution >= 4 is 11.9 Å². The summed E-state index contributed by atoms with van der Waals surface area (Å²) < 4.78 is 7.38. The Kier molecular flexibility index (Phi) is 5.52. The predicted molar refractivity (Wildman–Crippen MR) is 133 cm³/mol. The molecule has 0 aliphatic heterocycles. The van der Waals surface area contributed by atoms with E-state index in [4.69, 9.17) is 9.72 Å². The summed E-state index contributed by atoms with van der Waals surface area (Å²) in [7, 11) is 0. The average molecular weight is 466 g/mol. The summed E-state index contributed by atoms with van der Waals surface area (Å²) in [5.41, 5.74) is 4.14. The maximum absolute atomic E-state index is 12.5. The Labute approximate surface area is 204 Å². The molecular formula is C28H27N5O2. The summed E-state index contributed by atoms with van der Waals surface area (Å²) >= 11 is 0. The molecule has 1 amide bonds. The van der Waals surface area contributed by atoms with Gasteiger partial charge in [0.1, 0.15) is 11.7 Å². The monoisotopic (exact) mass is 465 g/mol.